The van der Waals surface area contributed by atoms with Crippen LogP contribution < -0.4 is 5.32 Å². The van der Waals surface area contributed by atoms with Gasteiger partial charge in [-0.3, -0.25) is 9.97 Å². The van der Waals surface area contributed by atoms with E-state index in [1.165, 1.54) is 11.1 Å². The molecule has 3 nitrogen and oxygen atoms in total. The van der Waals surface area contributed by atoms with Gasteiger partial charge >= 0.3 is 0 Å². The zero-order valence-electron chi connectivity index (χ0n) is 14.0. The molecule has 0 spiro atoms. The molecule has 122 valence electrons. The van der Waals surface area contributed by atoms with E-state index < -0.39 is 0 Å². The molecule has 0 amide bonds. The van der Waals surface area contributed by atoms with Crippen molar-refractivity contribution < 1.29 is 0 Å². The average molecular weight is 317 g/mol. The summed E-state index contributed by atoms with van der Waals surface area (Å²) >= 11 is 0. The monoisotopic (exact) mass is 317 g/mol. The van der Waals surface area contributed by atoms with Crippen LogP contribution in [0.15, 0.2) is 73.1 Å². The van der Waals surface area contributed by atoms with Gasteiger partial charge in [0.25, 0.3) is 0 Å². The Morgan fingerprint density at radius 1 is 0.875 bits per heavy atom. The van der Waals surface area contributed by atoms with Crippen LogP contribution in [0.3, 0.4) is 0 Å². The normalized spacial score (nSPS) is 12.0. The molecule has 0 aliphatic rings. The van der Waals surface area contributed by atoms with Gasteiger partial charge in [0.15, 0.2) is 0 Å². The standard InChI is InChI=1S/C21H23N3/c1-17-14-23-20(15-22-17)16-24-21(19-10-6-3-7-11-19)13-12-18-8-4-2-5-9-18/h2-11,14-15,21,24H,12-13,16H2,1H3/t21-/m0/s1. The highest BCUT2D eigenvalue weighted by Crippen LogP contribution is 2.19. The van der Waals surface area contributed by atoms with E-state index in [4.69, 9.17) is 0 Å². The van der Waals surface area contributed by atoms with E-state index >= 15 is 0 Å². The number of hydrogen-bond acceptors (Lipinski definition) is 3. The van der Waals surface area contributed by atoms with E-state index in [9.17, 15) is 0 Å². The van der Waals surface area contributed by atoms with Crippen LogP contribution in [-0.2, 0) is 13.0 Å². The fourth-order valence-electron chi connectivity index (χ4n) is 2.77. The maximum Gasteiger partial charge on any atom is 0.0724 e. The number of aromatic nitrogens is 2. The molecule has 0 aliphatic carbocycles. The largest absolute Gasteiger partial charge is 0.304 e. The van der Waals surface area contributed by atoms with Gasteiger partial charge in [-0.2, -0.15) is 0 Å². The predicted molar refractivity (Wildman–Crippen MR) is 97.6 cm³/mol. The molecular weight excluding hydrogens is 294 g/mol. The van der Waals surface area contributed by atoms with Crippen LogP contribution in [0.4, 0.5) is 0 Å². The molecule has 0 saturated heterocycles. The number of nitrogens with one attached hydrogen (secondary N) is 1. The predicted octanol–water partition coefficient (Wildman–Crippen LogP) is 4.25. The van der Waals surface area contributed by atoms with E-state index in [-0.39, 0.29) is 0 Å². The zero-order chi connectivity index (χ0) is 16.6. The Labute approximate surface area is 143 Å². The summed E-state index contributed by atoms with van der Waals surface area (Å²) in [5.74, 6) is 0. The summed E-state index contributed by atoms with van der Waals surface area (Å²) in [6.07, 6.45) is 5.76. The maximum atomic E-state index is 4.44. The van der Waals surface area contributed by atoms with Crippen molar-refractivity contribution in [3.8, 4) is 0 Å². The summed E-state index contributed by atoms with van der Waals surface area (Å²) < 4.78 is 0. The Kier molecular flexibility index (Phi) is 5.70. The van der Waals surface area contributed by atoms with Crippen molar-refractivity contribution in [1.82, 2.24) is 15.3 Å². The van der Waals surface area contributed by atoms with Gasteiger partial charge in [0.1, 0.15) is 0 Å². The van der Waals surface area contributed by atoms with Crippen LogP contribution in [0.5, 0.6) is 0 Å². The molecule has 1 heterocycles. The van der Waals surface area contributed by atoms with Gasteiger partial charge in [0.05, 0.1) is 11.4 Å². The van der Waals surface area contributed by atoms with Gasteiger partial charge in [-0.15, -0.1) is 0 Å². The topological polar surface area (TPSA) is 37.8 Å². The molecule has 0 fully saturated rings. The van der Waals surface area contributed by atoms with Crippen molar-refractivity contribution >= 4 is 0 Å². The van der Waals surface area contributed by atoms with E-state index in [1.807, 2.05) is 19.3 Å². The second-order valence-electron chi connectivity index (χ2n) is 6.02. The summed E-state index contributed by atoms with van der Waals surface area (Å²) in [4.78, 5) is 8.76. The lowest BCUT2D eigenvalue weighted by atomic mass is 9.99. The Morgan fingerprint density at radius 3 is 2.25 bits per heavy atom. The van der Waals surface area contributed by atoms with Gasteiger partial charge in [-0.05, 0) is 30.9 Å². The van der Waals surface area contributed by atoms with Crippen LogP contribution in [0, 0.1) is 6.92 Å². The van der Waals surface area contributed by atoms with Crippen molar-refractivity contribution in [2.24, 2.45) is 0 Å². The van der Waals surface area contributed by atoms with Gasteiger partial charge in [0.2, 0.25) is 0 Å². The van der Waals surface area contributed by atoms with Crippen molar-refractivity contribution in [2.75, 3.05) is 0 Å². The molecule has 0 unspecified atom stereocenters. The number of aryl methyl sites for hydroxylation is 2. The van der Waals surface area contributed by atoms with E-state index in [0.29, 0.717) is 6.04 Å². The summed E-state index contributed by atoms with van der Waals surface area (Å²) in [6, 6.07) is 21.6. The minimum absolute atomic E-state index is 0.300. The Bertz CT molecular complexity index is 724. The van der Waals surface area contributed by atoms with Crippen molar-refractivity contribution in [3.63, 3.8) is 0 Å². The second-order valence-corrected chi connectivity index (χ2v) is 6.02. The lowest BCUT2D eigenvalue weighted by Gasteiger charge is -2.19. The molecular formula is C21H23N3. The number of hydrogen-bond donors (Lipinski definition) is 1. The first kappa shape index (κ1) is 16.3. The van der Waals surface area contributed by atoms with E-state index in [0.717, 1.165) is 30.8 Å². The number of benzene rings is 2. The number of nitrogens with zero attached hydrogens (tertiary/aromatic N) is 2. The zero-order valence-corrected chi connectivity index (χ0v) is 14.0. The first-order chi connectivity index (χ1) is 11.8. The van der Waals surface area contributed by atoms with Crippen molar-refractivity contribution in [2.45, 2.75) is 32.4 Å². The van der Waals surface area contributed by atoms with Crippen LogP contribution >= 0.6 is 0 Å². The summed E-state index contributed by atoms with van der Waals surface area (Å²) in [6.45, 7) is 2.68. The average Bonchev–Trinajstić information content (AvgIpc) is 2.65. The third-order valence-corrected chi connectivity index (χ3v) is 4.13. The fourth-order valence-corrected chi connectivity index (χ4v) is 2.77. The minimum atomic E-state index is 0.300. The maximum absolute atomic E-state index is 4.44. The first-order valence-electron chi connectivity index (χ1n) is 8.41. The lowest BCUT2D eigenvalue weighted by molar-refractivity contribution is 0.494. The minimum Gasteiger partial charge on any atom is -0.304 e. The molecule has 0 radical (unpaired) electrons. The van der Waals surface area contributed by atoms with Gasteiger partial charge in [-0.25, -0.2) is 0 Å². The van der Waals surface area contributed by atoms with Crippen molar-refractivity contribution in [1.29, 1.82) is 0 Å². The highest BCUT2D eigenvalue weighted by molar-refractivity contribution is 5.21. The molecule has 3 heteroatoms. The second kappa shape index (κ2) is 8.37. The number of rotatable bonds is 7. The van der Waals surface area contributed by atoms with Crippen LogP contribution in [-0.4, -0.2) is 9.97 Å². The molecule has 0 saturated carbocycles. The van der Waals surface area contributed by atoms with Crippen LogP contribution in [0.25, 0.3) is 0 Å². The van der Waals surface area contributed by atoms with E-state index in [2.05, 4.69) is 75.9 Å². The summed E-state index contributed by atoms with van der Waals surface area (Å²) in [7, 11) is 0. The Morgan fingerprint density at radius 2 is 1.58 bits per heavy atom. The Hall–Kier alpha value is -2.52. The molecule has 1 aromatic heterocycles. The molecule has 1 atom stereocenters. The molecule has 0 aliphatic heterocycles. The molecule has 2 aromatic carbocycles. The van der Waals surface area contributed by atoms with Gasteiger partial charge < -0.3 is 5.32 Å². The highest BCUT2D eigenvalue weighted by atomic mass is 14.9. The quantitative estimate of drug-likeness (QED) is 0.708. The summed E-state index contributed by atoms with van der Waals surface area (Å²) in [5, 5.41) is 3.64. The third-order valence-electron chi connectivity index (χ3n) is 4.13. The van der Waals surface area contributed by atoms with Crippen LogP contribution in [0.2, 0.25) is 0 Å². The molecule has 3 aromatic rings. The molecule has 1 N–H and O–H groups in total. The lowest BCUT2D eigenvalue weighted by Crippen LogP contribution is -2.22. The Balaban J connectivity index is 1.66. The van der Waals surface area contributed by atoms with E-state index in [1.54, 1.807) is 0 Å². The van der Waals surface area contributed by atoms with Gasteiger partial charge in [-0.1, -0.05) is 60.7 Å². The molecule has 24 heavy (non-hydrogen) atoms. The summed E-state index contributed by atoms with van der Waals surface area (Å²) in [5.41, 5.74) is 4.60. The SMILES string of the molecule is Cc1cnc(CN[C@@H](CCc2ccccc2)c2ccccc2)cn1. The molecule has 0 bridgehead atoms. The van der Waals surface area contributed by atoms with Gasteiger partial charge in [0, 0.05) is 25.0 Å². The third kappa shape index (κ3) is 4.74. The molecule has 3 rings (SSSR count). The van der Waals surface area contributed by atoms with Crippen LogP contribution in [0.1, 0.15) is 35.0 Å². The van der Waals surface area contributed by atoms with Crippen molar-refractivity contribution in [3.05, 3.63) is 95.6 Å². The smallest absolute Gasteiger partial charge is 0.0724 e. The highest BCUT2D eigenvalue weighted by Gasteiger charge is 2.11. The fraction of sp³-hybridized carbons (Fsp3) is 0.238. The first-order valence-corrected chi connectivity index (χ1v) is 8.41.